The fourth-order valence-corrected chi connectivity index (χ4v) is 5.25. The fourth-order valence-electron chi connectivity index (χ4n) is 3.99. The molecular formula is C27H28N4O5S. The second kappa shape index (κ2) is 10.4. The zero-order valence-electron chi connectivity index (χ0n) is 21.3. The largest absolute Gasteiger partial charge is 0.493 e. The number of methoxy groups -OCH3 is 1. The highest BCUT2D eigenvalue weighted by molar-refractivity contribution is 7.87. The zero-order chi connectivity index (χ0) is 26.7. The molecule has 1 heterocycles. The van der Waals surface area contributed by atoms with E-state index >= 15 is 0 Å². The van der Waals surface area contributed by atoms with Crippen LogP contribution in [0, 0.1) is 20.8 Å². The quantitative estimate of drug-likeness (QED) is 0.208. The normalized spacial score (nSPS) is 11.7. The van der Waals surface area contributed by atoms with Crippen molar-refractivity contribution in [1.29, 1.82) is 0 Å². The highest BCUT2D eigenvalue weighted by atomic mass is 32.2. The van der Waals surface area contributed by atoms with E-state index in [1.165, 1.54) is 19.4 Å². The van der Waals surface area contributed by atoms with Crippen molar-refractivity contribution in [2.24, 2.45) is 5.10 Å². The minimum Gasteiger partial charge on any atom is -0.493 e. The summed E-state index contributed by atoms with van der Waals surface area (Å²) in [6, 6.07) is 15.1. The summed E-state index contributed by atoms with van der Waals surface area (Å²) < 4.78 is 38.5. The predicted molar refractivity (Wildman–Crippen MR) is 142 cm³/mol. The summed E-state index contributed by atoms with van der Waals surface area (Å²) in [7, 11) is -2.66. The van der Waals surface area contributed by atoms with Gasteiger partial charge in [0.15, 0.2) is 11.5 Å². The maximum Gasteiger partial charge on any atom is 0.339 e. The standard InChI is InChI=1S/C27H28N4O5S/c1-6-31-19(4)29-22-15-21(10-11-23(22)31)27(32)30-28-16-20-9-12-24(25(14-20)35-5)36-37(33,34)26-13-17(2)7-8-18(26)3/h7-16H,6H2,1-5H3,(H,30,32)/b28-16+. The van der Waals surface area contributed by atoms with E-state index in [4.69, 9.17) is 8.92 Å². The number of imidazole rings is 1. The van der Waals surface area contributed by atoms with Gasteiger partial charge in [0.2, 0.25) is 0 Å². The van der Waals surface area contributed by atoms with Crippen LogP contribution in [0.25, 0.3) is 11.0 Å². The summed E-state index contributed by atoms with van der Waals surface area (Å²) >= 11 is 0. The van der Waals surface area contributed by atoms with E-state index in [1.54, 1.807) is 43.3 Å². The van der Waals surface area contributed by atoms with Crippen molar-refractivity contribution in [2.45, 2.75) is 39.1 Å². The Morgan fingerprint density at radius 2 is 1.84 bits per heavy atom. The fraction of sp³-hybridized carbons (Fsp3) is 0.222. The van der Waals surface area contributed by atoms with E-state index in [0.717, 1.165) is 29.0 Å². The maximum absolute atomic E-state index is 12.9. The lowest BCUT2D eigenvalue weighted by Crippen LogP contribution is -2.17. The number of carbonyl (C=O) groups is 1. The van der Waals surface area contributed by atoms with E-state index in [9.17, 15) is 13.2 Å². The molecule has 0 unspecified atom stereocenters. The number of nitrogens with zero attached hydrogens (tertiary/aromatic N) is 3. The molecule has 10 heteroatoms. The van der Waals surface area contributed by atoms with Gasteiger partial charge in [0.25, 0.3) is 5.91 Å². The number of ether oxygens (including phenoxy) is 1. The first-order chi connectivity index (χ1) is 17.6. The van der Waals surface area contributed by atoms with Gasteiger partial charge in [-0.05, 0) is 86.8 Å². The molecule has 9 nitrogen and oxygen atoms in total. The summed E-state index contributed by atoms with van der Waals surface area (Å²) in [5, 5.41) is 4.02. The van der Waals surface area contributed by atoms with E-state index in [2.05, 4.69) is 20.1 Å². The van der Waals surface area contributed by atoms with Crippen LogP contribution < -0.4 is 14.3 Å². The molecule has 0 radical (unpaired) electrons. The number of carbonyl (C=O) groups excluding carboxylic acids is 1. The lowest BCUT2D eigenvalue weighted by atomic mass is 10.2. The van der Waals surface area contributed by atoms with Crippen molar-refractivity contribution in [3.05, 3.63) is 82.7 Å². The summed E-state index contributed by atoms with van der Waals surface area (Å²) in [4.78, 5) is 17.2. The molecule has 1 N–H and O–H groups in total. The maximum atomic E-state index is 12.9. The molecule has 192 valence electrons. The van der Waals surface area contributed by atoms with E-state index < -0.39 is 10.1 Å². The molecule has 0 bridgehead atoms. The van der Waals surface area contributed by atoms with Gasteiger partial charge in [-0.3, -0.25) is 4.79 Å². The highest BCUT2D eigenvalue weighted by Gasteiger charge is 2.21. The number of hydrazone groups is 1. The molecule has 3 aromatic carbocycles. The van der Waals surface area contributed by atoms with Crippen molar-refractivity contribution in [1.82, 2.24) is 15.0 Å². The molecule has 1 amide bonds. The minimum atomic E-state index is -4.07. The number of aryl methyl sites for hydroxylation is 4. The monoisotopic (exact) mass is 520 g/mol. The Balaban J connectivity index is 1.48. The van der Waals surface area contributed by atoms with Crippen LogP contribution >= 0.6 is 0 Å². The molecule has 0 spiro atoms. The van der Waals surface area contributed by atoms with Gasteiger partial charge in [0, 0.05) is 12.1 Å². The first kappa shape index (κ1) is 25.9. The van der Waals surface area contributed by atoms with Gasteiger partial charge in [-0.2, -0.15) is 13.5 Å². The Kier molecular flexibility index (Phi) is 7.30. The average molecular weight is 521 g/mol. The zero-order valence-corrected chi connectivity index (χ0v) is 22.1. The van der Waals surface area contributed by atoms with Crippen LogP contribution in [0.3, 0.4) is 0 Å². The molecule has 0 aliphatic heterocycles. The van der Waals surface area contributed by atoms with Gasteiger partial charge < -0.3 is 13.5 Å². The van der Waals surface area contributed by atoms with Gasteiger partial charge in [-0.1, -0.05) is 12.1 Å². The lowest BCUT2D eigenvalue weighted by molar-refractivity contribution is 0.0955. The molecular weight excluding hydrogens is 492 g/mol. The molecule has 4 aromatic rings. The van der Waals surface area contributed by atoms with Crippen LogP contribution in [0.4, 0.5) is 0 Å². The van der Waals surface area contributed by atoms with Crippen molar-refractivity contribution < 1.29 is 22.1 Å². The number of hydrogen-bond acceptors (Lipinski definition) is 7. The van der Waals surface area contributed by atoms with Crippen molar-refractivity contribution in [2.75, 3.05) is 7.11 Å². The number of aromatic nitrogens is 2. The Morgan fingerprint density at radius 1 is 1.05 bits per heavy atom. The van der Waals surface area contributed by atoms with Gasteiger partial charge in [-0.15, -0.1) is 0 Å². The number of amides is 1. The predicted octanol–water partition coefficient (Wildman–Crippen LogP) is 4.52. The Bertz CT molecular complexity index is 1620. The molecule has 0 aliphatic rings. The topological polar surface area (TPSA) is 112 Å². The summed E-state index contributed by atoms with van der Waals surface area (Å²) in [6.45, 7) is 8.28. The van der Waals surface area contributed by atoms with E-state index in [0.29, 0.717) is 16.7 Å². The molecule has 0 aliphatic carbocycles. The van der Waals surface area contributed by atoms with E-state index in [-0.39, 0.29) is 22.3 Å². The van der Waals surface area contributed by atoms with Gasteiger partial charge in [0.05, 0.1) is 24.4 Å². The van der Waals surface area contributed by atoms with Crippen LogP contribution in [0.1, 0.15) is 39.8 Å². The molecule has 37 heavy (non-hydrogen) atoms. The first-order valence-corrected chi connectivity index (χ1v) is 13.0. The smallest absolute Gasteiger partial charge is 0.339 e. The number of fused-ring (bicyclic) bond motifs is 1. The Hall–Kier alpha value is -4.18. The molecule has 1 aromatic heterocycles. The van der Waals surface area contributed by atoms with Crippen molar-refractivity contribution in [3.63, 3.8) is 0 Å². The van der Waals surface area contributed by atoms with Gasteiger partial charge in [-0.25, -0.2) is 10.4 Å². The highest BCUT2D eigenvalue weighted by Crippen LogP contribution is 2.31. The first-order valence-electron chi connectivity index (χ1n) is 11.6. The third-order valence-corrected chi connectivity index (χ3v) is 7.27. The van der Waals surface area contributed by atoms with Crippen LogP contribution in [0.2, 0.25) is 0 Å². The molecule has 0 atom stereocenters. The Labute approximate surface area is 215 Å². The Morgan fingerprint density at radius 3 is 2.57 bits per heavy atom. The number of nitrogens with one attached hydrogen (secondary N) is 1. The van der Waals surface area contributed by atoms with Crippen LogP contribution in [-0.4, -0.2) is 37.2 Å². The third-order valence-electron chi connectivity index (χ3n) is 5.90. The van der Waals surface area contributed by atoms with Crippen molar-refractivity contribution in [3.8, 4) is 11.5 Å². The van der Waals surface area contributed by atoms with E-state index in [1.807, 2.05) is 32.9 Å². The second-order valence-electron chi connectivity index (χ2n) is 8.52. The van der Waals surface area contributed by atoms with Gasteiger partial charge in [0.1, 0.15) is 10.7 Å². The van der Waals surface area contributed by atoms with Crippen LogP contribution in [0.15, 0.2) is 64.6 Å². The van der Waals surface area contributed by atoms with Crippen LogP contribution in [-0.2, 0) is 16.7 Å². The lowest BCUT2D eigenvalue weighted by Gasteiger charge is -2.13. The minimum absolute atomic E-state index is 0.0414. The third kappa shape index (κ3) is 5.49. The molecule has 4 rings (SSSR count). The average Bonchev–Trinajstić information content (AvgIpc) is 3.19. The molecule has 0 saturated heterocycles. The van der Waals surface area contributed by atoms with Crippen LogP contribution in [0.5, 0.6) is 11.5 Å². The summed E-state index contributed by atoms with van der Waals surface area (Å²) in [5.74, 6) is 0.751. The second-order valence-corrected chi connectivity index (χ2v) is 10.0. The summed E-state index contributed by atoms with van der Waals surface area (Å²) in [6.07, 6.45) is 1.43. The number of benzene rings is 3. The number of rotatable bonds is 8. The molecule has 0 fully saturated rings. The van der Waals surface area contributed by atoms with Gasteiger partial charge >= 0.3 is 10.1 Å². The number of hydrogen-bond donors (Lipinski definition) is 1. The molecule has 0 saturated carbocycles. The summed E-state index contributed by atoms with van der Waals surface area (Å²) in [5.41, 5.74) is 6.60. The van der Waals surface area contributed by atoms with Crippen molar-refractivity contribution >= 4 is 33.3 Å². The SMILES string of the molecule is CCn1c(C)nc2cc(C(=O)N/N=C/c3ccc(OS(=O)(=O)c4cc(C)ccc4C)c(OC)c3)ccc21.